The summed E-state index contributed by atoms with van der Waals surface area (Å²) >= 11 is 3.35. The van der Waals surface area contributed by atoms with Crippen LogP contribution in [0.2, 0.25) is 0 Å². The van der Waals surface area contributed by atoms with Gasteiger partial charge >= 0.3 is 0 Å². The van der Waals surface area contributed by atoms with Crippen molar-refractivity contribution in [1.29, 1.82) is 0 Å². The zero-order chi connectivity index (χ0) is 11.8. The van der Waals surface area contributed by atoms with Gasteiger partial charge in [-0.2, -0.15) is 9.78 Å². The fourth-order valence-electron chi connectivity index (χ4n) is 1.57. The van der Waals surface area contributed by atoms with Crippen LogP contribution in [0.5, 0.6) is 0 Å². The zero-order valence-corrected chi connectivity index (χ0v) is 10.1. The van der Waals surface area contributed by atoms with E-state index in [1.54, 1.807) is 12.1 Å². The summed E-state index contributed by atoms with van der Waals surface area (Å²) in [7, 11) is 0. The average molecular weight is 292 g/mol. The van der Waals surface area contributed by atoms with E-state index in [1.807, 2.05) is 6.07 Å². The Morgan fingerprint density at radius 2 is 2.24 bits per heavy atom. The Morgan fingerprint density at radius 1 is 1.35 bits per heavy atom. The minimum absolute atomic E-state index is 0.113. The Bertz CT molecular complexity index is 734. The van der Waals surface area contributed by atoms with Crippen LogP contribution in [0.3, 0.4) is 0 Å². The van der Waals surface area contributed by atoms with Crippen molar-refractivity contribution in [2.75, 3.05) is 0 Å². The second kappa shape index (κ2) is 3.81. The summed E-state index contributed by atoms with van der Waals surface area (Å²) in [5, 5.41) is 4.45. The number of nitrogens with zero attached hydrogens (tertiary/aromatic N) is 3. The Morgan fingerprint density at radius 3 is 3.00 bits per heavy atom. The lowest BCUT2D eigenvalue weighted by Crippen LogP contribution is -2.04. The van der Waals surface area contributed by atoms with Crippen LogP contribution in [0.25, 0.3) is 16.9 Å². The molecule has 0 N–H and O–H groups in total. The van der Waals surface area contributed by atoms with Crippen LogP contribution in [-0.2, 0) is 0 Å². The molecule has 84 valence electrons. The minimum atomic E-state index is -0.113. The molecule has 5 nitrogen and oxygen atoms in total. The summed E-state index contributed by atoms with van der Waals surface area (Å²) in [4.78, 5) is 15.7. The predicted octanol–water partition coefficient (Wildman–Crippen LogP) is 2.14. The van der Waals surface area contributed by atoms with E-state index in [-0.39, 0.29) is 5.43 Å². The van der Waals surface area contributed by atoms with Gasteiger partial charge in [0.05, 0.1) is 9.86 Å². The maximum atomic E-state index is 11.9. The van der Waals surface area contributed by atoms with Crippen LogP contribution in [0.4, 0.5) is 0 Å². The van der Waals surface area contributed by atoms with E-state index in [1.165, 1.54) is 23.4 Å². The van der Waals surface area contributed by atoms with Gasteiger partial charge in [0.15, 0.2) is 11.0 Å². The third-order valence-electron chi connectivity index (χ3n) is 2.34. The summed E-state index contributed by atoms with van der Waals surface area (Å²) in [6, 6.07) is 6.72. The maximum Gasteiger partial charge on any atom is 0.225 e. The SMILES string of the molecule is O=c1cc(-n2cncn2)oc2c(Br)cccc12. The highest BCUT2D eigenvalue weighted by atomic mass is 79.9. The van der Waals surface area contributed by atoms with Crippen LogP contribution in [0.1, 0.15) is 0 Å². The Labute approximate surface area is 104 Å². The van der Waals surface area contributed by atoms with Crippen molar-refractivity contribution >= 4 is 26.9 Å². The average Bonchev–Trinajstić information content (AvgIpc) is 2.84. The van der Waals surface area contributed by atoms with E-state index in [9.17, 15) is 4.79 Å². The highest BCUT2D eigenvalue weighted by Gasteiger charge is 2.08. The summed E-state index contributed by atoms with van der Waals surface area (Å²) in [6.45, 7) is 0. The zero-order valence-electron chi connectivity index (χ0n) is 8.50. The Kier molecular flexibility index (Phi) is 2.29. The quantitative estimate of drug-likeness (QED) is 0.689. The van der Waals surface area contributed by atoms with Gasteiger partial charge in [-0.3, -0.25) is 4.79 Å². The van der Waals surface area contributed by atoms with E-state index < -0.39 is 0 Å². The smallest absolute Gasteiger partial charge is 0.225 e. The van der Waals surface area contributed by atoms with Crippen molar-refractivity contribution < 1.29 is 4.42 Å². The van der Waals surface area contributed by atoms with Crippen LogP contribution >= 0.6 is 15.9 Å². The monoisotopic (exact) mass is 291 g/mol. The Balaban J connectivity index is 2.38. The first-order valence-corrected chi connectivity index (χ1v) is 5.62. The molecule has 6 heteroatoms. The molecule has 0 amide bonds. The minimum Gasteiger partial charge on any atom is -0.437 e. The van der Waals surface area contributed by atoms with Gasteiger partial charge < -0.3 is 4.42 Å². The molecular weight excluding hydrogens is 286 g/mol. The molecule has 1 aromatic carbocycles. The fourth-order valence-corrected chi connectivity index (χ4v) is 2.01. The molecule has 0 aliphatic heterocycles. The lowest BCUT2D eigenvalue weighted by Gasteiger charge is -2.02. The number of fused-ring (bicyclic) bond motifs is 1. The molecule has 0 aliphatic carbocycles. The topological polar surface area (TPSA) is 60.9 Å². The molecule has 0 spiro atoms. The van der Waals surface area contributed by atoms with Gasteiger partial charge in [-0.1, -0.05) is 6.07 Å². The molecule has 0 radical (unpaired) electrons. The Hall–Kier alpha value is -1.95. The van der Waals surface area contributed by atoms with E-state index in [0.717, 1.165) is 4.47 Å². The fraction of sp³-hybridized carbons (Fsp3) is 0. The highest BCUT2D eigenvalue weighted by molar-refractivity contribution is 9.10. The van der Waals surface area contributed by atoms with Gasteiger partial charge in [0.2, 0.25) is 5.88 Å². The highest BCUT2D eigenvalue weighted by Crippen LogP contribution is 2.23. The standard InChI is InChI=1S/C11H6BrN3O2/c12-8-3-1-2-7-9(16)4-10(17-11(7)8)15-6-13-5-14-15/h1-6H. The van der Waals surface area contributed by atoms with Crippen molar-refractivity contribution in [2.24, 2.45) is 0 Å². The van der Waals surface area contributed by atoms with E-state index in [4.69, 9.17) is 4.42 Å². The molecule has 2 aromatic heterocycles. The van der Waals surface area contributed by atoms with Crippen LogP contribution < -0.4 is 5.43 Å². The lowest BCUT2D eigenvalue weighted by molar-refractivity contribution is 0.545. The van der Waals surface area contributed by atoms with Gasteiger partial charge in [0.1, 0.15) is 12.7 Å². The van der Waals surface area contributed by atoms with Crippen molar-refractivity contribution in [3.8, 4) is 5.88 Å². The van der Waals surface area contributed by atoms with Gasteiger partial charge in [-0.15, -0.1) is 0 Å². The molecule has 0 aliphatic rings. The van der Waals surface area contributed by atoms with Crippen molar-refractivity contribution in [3.63, 3.8) is 0 Å². The van der Waals surface area contributed by atoms with E-state index in [0.29, 0.717) is 16.9 Å². The summed E-state index contributed by atoms with van der Waals surface area (Å²) in [5.41, 5.74) is 0.392. The van der Waals surface area contributed by atoms with Crippen molar-refractivity contribution in [1.82, 2.24) is 14.8 Å². The number of hydrogen-bond donors (Lipinski definition) is 0. The molecule has 0 atom stereocenters. The molecule has 0 unspecified atom stereocenters. The first-order chi connectivity index (χ1) is 8.25. The summed E-state index contributed by atoms with van der Waals surface area (Å²) < 4.78 is 7.77. The maximum absolute atomic E-state index is 11.9. The van der Waals surface area contributed by atoms with Gasteiger partial charge in [-0.05, 0) is 28.1 Å². The van der Waals surface area contributed by atoms with Crippen LogP contribution in [0, 0.1) is 0 Å². The largest absolute Gasteiger partial charge is 0.437 e. The van der Waals surface area contributed by atoms with Crippen molar-refractivity contribution in [3.05, 3.63) is 51.6 Å². The molecule has 0 saturated carbocycles. The number of para-hydroxylation sites is 1. The molecule has 3 aromatic rings. The van der Waals surface area contributed by atoms with E-state index >= 15 is 0 Å². The second-order valence-electron chi connectivity index (χ2n) is 3.41. The van der Waals surface area contributed by atoms with Crippen LogP contribution in [-0.4, -0.2) is 14.8 Å². The first kappa shape index (κ1) is 10.2. The number of halogens is 1. The molecule has 2 heterocycles. The number of rotatable bonds is 1. The summed E-state index contributed by atoms with van der Waals surface area (Å²) in [6.07, 6.45) is 2.85. The van der Waals surface area contributed by atoms with E-state index in [2.05, 4.69) is 26.0 Å². The number of benzene rings is 1. The number of hydrogen-bond acceptors (Lipinski definition) is 4. The molecule has 0 saturated heterocycles. The molecule has 17 heavy (non-hydrogen) atoms. The predicted molar refractivity (Wildman–Crippen MR) is 65.1 cm³/mol. The third kappa shape index (κ3) is 1.66. The summed E-state index contributed by atoms with van der Waals surface area (Å²) in [5.74, 6) is 0.340. The van der Waals surface area contributed by atoms with Crippen LogP contribution in [0.15, 0.2) is 50.6 Å². The second-order valence-corrected chi connectivity index (χ2v) is 4.26. The molecular formula is C11H6BrN3O2. The van der Waals surface area contributed by atoms with Gasteiger partial charge in [-0.25, -0.2) is 4.98 Å². The number of aromatic nitrogens is 3. The van der Waals surface area contributed by atoms with Gasteiger partial charge in [0.25, 0.3) is 0 Å². The van der Waals surface area contributed by atoms with Crippen molar-refractivity contribution in [2.45, 2.75) is 0 Å². The first-order valence-electron chi connectivity index (χ1n) is 4.83. The van der Waals surface area contributed by atoms with Gasteiger partial charge in [0, 0.05) is 6.07 Å². The lowest BCUT2D eigenvalue weighted by atomic mass is 10.2. The molecule has 0 bridgehead atoms. The molecule has 0 fully saturated rings. The molecule has 3 rings (SSSR count). The third-order valence-corrected chi connectivity index (χ3v) is 2.96. The normalized spacial score (nSPS) is 10.9.